The minimum Gasteiger partial charge on any atom is -0.502 e. The van der Waals surface area contributed by atoms with Gasteiger partial charge in [0.2, 0.25) is 5.75 Å². The summed E-state index contributed by atoms with van der Waals surface area (Å²) in [4.78, 5) is 39.5. The van der Waals surface area contributed by atoms with E-state index in [1.54, 1.807) is 32.9 Å². The molecule has 3 rings (SSSR count). The molecule has 1 aliphatic heterocycles. The summed E-state index contributed by atoms with van der Waals surface area (Å²) < 4.78 is 21.0. The monoisotopic (exact) mass is 473 g/mol. The number of benzene rings is 1. The van der Waals surface area contributed by atoms with Gasteiger partial charge in [0.15, 0.2) is 17.3 Å². The van der Waals surface area contributed by atoms with E-state index >= 15 is 0 Å². The number of aromatic hydroxyl groups is 1. The van der Waals surface area contributed by atoms with Gasteiger partial charge in [-0.2, -0.15) is 0 Å². The number of carbonyl (C=O) groups excluding carboxylic acids is 3. The molecule has 0 amide bonds. The van der Waals surface area contributed by atoms with Gasteiger partial charge in [-0.25, -0.2) is 4.79 Å². The number of Topliss-reactive ketones (excluding diaryl/α,β-unsaturated/α-hetero) is 1. The number of phenolic OH excluding ortho intramolecular Hbond substituents is 1. The van der Waals surface area contributed by atoms with Gasteiger partial charge in [-0.1, -0.05) is 6.92 Å². The van der Waals surface area contributed by atoms with Crippen LogP contribution in [0, 0.1) is 11.8 Å². The van der Waals surface area contributed by atoms with Crippen LogP contribution in [0.5, 0.6) is 17.2 Å². The zero-order valence-corrected chi connectivity index (χ0v) is 20.5. The minimum atomic E-state index is -1.00. The van der Waals surface area contributed by atoms with Crippen molar-refractivity contribution in [2.45, 2.75) is 46.1 Å². The Labute approximate surface area is 198 Å². The molecule has 2 N–H and O–H groups in total. The van der Waals surface area contributed by atoms with Crippen LogP contribution in [0.4, 0.5) is 0 Å². The number of hydrogen-bond donors (Lipinski definition) is 2. The molecular formula is C25H31NO8. The maximum atomic E-state index is 13.7. The lowest BCUT2D eigenvalue weighted by Crippen LogP contribution is -2.43. The molecule has 0 saturated carbocycles. The molecule has 34 heavy (non-hydrogen) atoms. The molecule has 2 aliphatic rings. The molecule has 0 saturated heterocycles. The van der Waals surface area contributed by atoms with Gasteiger partial charge in [-0.3, -0.25) is 9.59 Å². The first-order chi connectivity index (χ1) is 16.0. The largest absolute Gasteiger partial charge is 0.502 e. The molecule has 0 bridgehead atoms. The zero-order chi connectivity index (χ0) is 25.3. The van der Waals surface area contributed by atoms with E-state index in [0.29, 0.717) is 23.4 Å². The Morgan fingerprint density at radius 3 is 2.21 bits per heavy atom. The lowest BCUT2D eigenvalue weighted by molar-refractivity contribution is -0.151. The van der Waals surface area contributed by atoms with Crippen molar-refractivity contribution >= 4 is 17.7 Å². The third kappa shape index (κ3) is 4.34. The first-order valence-electron chi connectivity index (χ1n) is 11.0. The van der Waals surface area contributed by atoms with Gasteiger partial charge in [0.05, 0.1) is 33.0 Å². The van der Waals surface area contributed by atoms with Crippen molar-refractivity contribution in [3.05, 3.63) is 40.2 Å². The van der Waals surface area contributed by atoms with Crippen LogP contribution in [-0.2, 0) is 23.9 Å². The van der Waals surface area contributed by atoms with Crippen molar-refractivity contribution in [1.82, 2.24) is 5.32 Å². The van der Waals surface area contributed by atoms with Crippen LogP contribution in [0.2, 0.25) is 0 Å². The Kier molecular flexibility index (Phi) is 7.24. The summed E-state index contributed by atoms with van der Waals surface area (Å²) in [7, 11) is 4.02. The summed E-state index contributed by atoms with van der Waals surface area (Å²) in [5, 5.41) is 13.6. The molecule has 0 radical (unpaired) electrons. The number of allylic oxidation sites excluding steroid dienone is 3. The molecule has 3 atom stereocenters. The Hall–Kier alpha value is -3.49. The van der Waals surface area contributed by atoms with Crippen LogP contribution in [-0.4, -0.2) is 50.3 Å². The van der Waals surface area contributed by atoms with Gasteiger partial charge in [-0.05, 0) is 50.8 Å². The van der Waals surface area contributed by atoms with E-state index < -0.39 is 35.7 Å². The van der Waals surface area contributed by atoms with E-state index in [1.165, 1.54) is 21.3 Å². The summed E-state index contributed by atoms with van der Waals surface area (Å²) in [5.74, 6) is -3.80. The third-order valence-electron chi connectivity index (χ3n) is 6.14. The summed E-state index contributed by atoms with van der Waals surface area (Å²) in [6.07, 6.45) is 0.0192. The second-order valence-corrected chi connectivity index (χ2v) is 8.76. The highest BCUT2D eigenvalue weighted by atomic mass is 16.5. The highest BCUT2D eigenvalue weighted by molar-refractivity contribution is 6.12. The molecule has 0 fully saturated rings. The molecule has 9 nitrogen and oxygen atoms in total. The summed E-state index contributed by atoms with van der Waals surface area (Å²) >= 11 is 0. The van der Waals surface area contributed by atoms with Crippen molar-refractivity contribution in [1.29, 1.82) is 0 Å². The molecule has 1 aromatic rings. The predicted molar refractivity (Wildman–Crippen MR) is 122 cm³/mol. The standard InChI is InChI=1S/C25H31NO8/c1-11(2)34-25(30)19-13(4)26-15-8-12(3)18(24(29)33-7)23(28)21(15)20(19)14-9-16(31-5)22(27)17(10-14)32-6/h9-12,18,20,26-27H,8H2,1-7H3/t12-,18-,20+/m1/s1. The Morgan fingerprint density at radius 2 is 1.71 bits per heavy atom. The number of carbonyl (C=O) groups is 3. The van der Waals surface area contributed by atoms with Crippen LogP contribution >= 0.6 is 0 Å². The van der Waals surface area contributed by atoms with Crippen molar-refractivity contribution in [2.75, 3.05) is 21.3 Å². The molecule has 0 spiro atoms. The van der Waals surface area contributed by atoms with E-state index in [1.807, 2.05) is 6.92 Å². The molecule has 1 aliphatic carbocycles. The van der Waals surface area contributed by atoms with E-state index in [9.17, 15) is 19.5 Å². The molecular weight excluding hydrogens is 442 g/mol. The van der Waals surface area contributed by atoms with Gasteiger partial charge >= 0.3 is 11.9 Å². The quantitative estimate of drug-likeness (QED) is 0.474. The number of ketones is 1. The normalized spacial score (nSPS) is 22.2. The summed E-state index contributed by atoms with van der Waals surface area (Å²) in [5.41, 5.74) is 2.16. The SMILES string of the molecule is COC(=O)[C@H]1C(=O)C2=C(C[C@H]1C)NC(C)=C(C(=O)OC(C)C)[C@@H]2c1cc(OC)c(O)c(OC)c1. The molecule has 184 valence electrons. The van der Waals surface area contributed by atoms with Gasteiger partial charge in [0.25, 0.3) is 0 Å². The lowest BCUT2D eigenvalue weighted by atomic mass is 9.69. The fourth-order valence-electron chi connectivity index (χ4n) is 4.64. The number of dihydropyridines is 1. The maximum absolute atomic E-state index is 13.7. The van der Waals surface area contributed by atoms with Crippen LogP contribution in [0.1, 0.15) is 45.6 Å². The number of phenols is 1. The fourth-order valence-corrected chi connectivity index (χ4v) is 4.64. The molecule has 9 heteroatoms. The van der Waals surface area contributed by atoms with E-state index in [-0.39, 0.29) is 34.3 Å². The fraction of sp³-hybridized carbons (Fsp3) is 0.480. The van der Waals surface area contributed by atoms with Crippen LogP contribution in [0.3, 0.4) is 0 Å². The Balaban J connectivity index is 2.28. The van der Waals surface area contributed by atoms with E-state index in [0.717, 1.165) is 0 Å². The van der Waals surface area contributed by atoms with Crippen molar-refractivity contribution < 1.29 is 38.4 Å². The highest BCUT2D eigenvalue weighted by Crippen LogP contribution is 2.48. The van der Waals surface area contributed by atoms with Gasteiger partial charge in [0, 0.05) is 22.9 Å². The minimum absolute atomic E-state index is 0.116. The molecule has 0 aromatic heterocycles. The molecule has 1 heterocycles. The number of esters is 2. The van der Waals surface area contributed by atoms with E-state index in [4.69, 9.17) is 18.9 Å². The number of nitrogens with one attached hydrogen (secondary N) is 1. The molecule has 1 aromatic carbocycles. The summed E-state index contributed by atoms with van der Waals surface area (Å²) in [6.45, 7) is 7.02. The first-order valence-corrected chi connectivity index (χ1v) is 11.0. The number of rotatable bonds is 6. The van der Waals surface area contributed by atoms with Crippen molar-refractivity contribution in [2.24, 2.45) is 11.8 Å². The van der Waals surface area contributed by atoms with Crippen LogP contribution in [0.15, 0.2) is 34.7 Å². The van der Waals surface area contributed by atoms with Gasteiger partial charge in [-0.15, -0.1) is 0 Å². The first kappa shape index (κ1) is 25.1. The smallest absolute Gasteiger partial charge is 0.337 e. The highest BCUT2D eigenvalue weighted by Gasteiger charge is 2.47. The van der Waals surface area contributed by atoms with Gasteiger partial charge in [0.1, 0.15) is 5.92 Å². The Bertz CT molecular complexity index is 1060. The predicted octanol–water partition coefficient (Wildman–Crippen LogP) is 2.97. The average molecular weight is 474 g/mol. The zero-order valence-electron chi connectivity index (χ0n) is 20.5. The van der Waals surface area contributed by atoms with E-state index in [2.05, 4.69) is 5.32 Å². The Morgan fingerprint density at radius 1 is 1.12 bits per heavy atom. The van der Waals surface area contributed by atoms with Crippen molar-refractivity contribution in [3.63, 3.8) is 0 Å². The number of hydrogen-bond acceptors (Lipinski definition) is 9. The molecule has 0 unspecified atom stereocenters. The topological polar surface area (TPSA) is 120 Å². The van der Waals surface area contributed by atoms with Crippen molar-refractivity contribution in [3.8, 4) is 17.2 Å². The maximum Gasteiger partial charge on any atom is 0.337 e. The number of methoxy groups -OCH3 is 3. The second-order valence-electron chi connectivity index (χ2n) is 8.76. The van der Waals surface area contributed by atoms with Gasteiger partial charge < -0.3 is 29.4 Å². The second kappa shape index (κ2) is 9.79. The number of ether oxygens (including phenoxy) is 4. The average Bonchev–Trinajstić information content (AvgIpc) is 2.77. The van der Waals surface area contributed by atoms with Crippen LogP contribution in [0.25, 0.3) is 0 Å². The summed E-state index contributed by atoms with van der Waals surface area (Å²) in [6, 6.07) is 3.10. The van der Waals surface area contributed by atoms with Crippen LogP contribution < -0.4 is 14.8 Å². The lowest BCUT2D eigenvalue weighted by Gasteiger charge is -2.38. The third-order valence-corrected chi connectivity index (χ3v) is 6.14.